The van der Waals surface area contributed by atoms with Gasteiger partial charge in [-0.1, -0.05) is 24.3 Å². The molecule has 2 aromatic carbocycles. The summed E-state index contributed by atoms with van der Waals surface area (Å²) >= 11 is 0. The van der Waals surface area contributed by atoms with E-state index in [4.69, 9.17) is 0 Å². The Balaban J connectivity index is 1.23. The molecule has 176 valence electrons. The van der Waals surface area contributed by atoms with Crippen molar-refractivity contribution in [3.8, 4) is 0 Å². The number of nitrogens with one attached hydrogen (secondary N) is 2. The van der Waals surface area contributed by atoms with Crippen LogP contribution in [0.5, 0.6) is 0 Å². The van der Waals surface area contributed by atoms with Gasteiger partial charge in [0.05, 0.1) is 0 Å². The number of hydrogen-bond acceptors (Lipinski definition) is 3. The van der Waals surface area contributed by atoms with E-state index in [1.165, 1.54) is 44.6 Å². The lowest BCUT2D eigenvalue weighted by Gasteiger charge is -2.38. The number of Topliss-reactive ketones (excluding diaryl/α,β-unsaturated/α-hetero) is 1. The average Bonchev–Trinajstić information content (AvgIpc) is 3.28. The number of anilines is 1. The van der Waals surface area contributed by atoms with Crippen LogP contribution in [-0.4, -0.2) is 41.9 Å². The standard InChI is InChI=1S/C27H34FN3O2/c1-19(32)22-4-2-5-24(17-22)30-27(33)29-18-26-6-3-15-31(26)25-13-9-21(10-14-25)16-20-7-11-23(28)12-8-20/h2,4-5,7-8,11-12,17,21,25-26H,3,6,9-10,13-16,18H2,1H3,(H2,29,30,33)/t21-,25+,26-/m0/s1. The minimum absolute atomic E-state index is 0.0203. The lowest BCUT2D eigenvalue weighted by molar-refractivity contribution is 0.101. The number of nitrogens with zero attached hydrogens (tertiary/aromatic N) is 1. The summed E-state index contributed by atoms with van der Waals surface area (Å²) in [6.45, 7) is 3.25. The third kappa shape index (κ3) is 6.41. The Hall–Kier alpha value is -2.73. The summed E-state index contributed by atoms with van der Waals surface area (Å²) in [4.78, 5) is 26.6. The second-order valence-electron chi connectivity index (χ2n) is 9.51. The molecule has 1 saturated carbocycles. The smallest absolute Gasteiger partial charge is 0.319 e. The molecule has 0 bridgehead atoms. The second kappa shape index (κ2) is 10.9. The maximum Gasteiger partial charge on any atom is 0.319 e. The summed E-state index contributed by atoms with van der Waals surface area (Å²) in [5, 5.41) is 5.87. The van der Waals surface area contributed by atoms with Crippen LogP contribution in [-0.2, 0) is 6.42 Å². The first-order valence-corrected chi connectivity index (χ1v) is 12.1. The van der Waals surface area contributed by atoms with Crippen molar-refractivity contribution in [3.63, 3.8) is 0 Å². The van der Waals surface area contributed by atoms with Crippen molar-refractivity contribution in [1.82, 2.24) is 10.2 Å². The molecule has 6 heteroatoms. The van der Waals surface area contributed by atoms with Gasteiger partial charge in [0.25, 0.3) is 0 Å². The van der Waals surface area contributed by atoms with Gasteiger partial charge in [-0.3, -0.25) is 9.69 Å². The van der Waals surface area contributed by atoms with Crippen molar-refractivity contribution in [2.24, 2.45) is 5.92 Å². The molecule has 1 aliphatic heterocycles. The number of urea groups is 1. The molecule has 5 nitrogen and oxygen atoms in total. The summed E-state index contributed by atoms with van der Waals surface area (Å²) in [6, 6.07) is 14.7. The molecule has 2 amide bonds. The van der Waals surface area contributed by atoms with E-state index in [0.717, 1.165) is 19.4 Å². The lowest BCUT2D eigenvalue weighted by Crippen LogP contribution is -2.47. The van der Waals surface area contributed by atoms with E-state index in [-0.39, 0.29) is 17.6 Å². The van der Waals surface area contributed by atoms with E-state index in [9.17, 15) is 14.0 Å². The molecule has 0 aromatic heterocycles. The van der Waals surface area contributed by atoms with E-state index in [2.05, 4.69) is 15.5 Å². The highest BCUT2D eigenvalue weighted by Crippen LogP contribution is 2.33. The minimum Gasteiger partial charge on any atom is -0.336 e. The Morgan fingerprint density at radius 2 is 1.79 bits per heavy atom. The number of carbonyl (C=O) groups is 2. The van der Waals surface area contributed by atoms with Gasteiger partial charge in [-0.2, -0.15) is 0 Å². The molecule has 2 aromatic rings. The van der Waals surface area contributed by atoms with E-state index in [1.54, 1.807) is 36.4 Å². The Labute approximate surface area is 195 Å². The molecule has 1 saturated heterocycles. The number of hydrogen-bond donors (Lipinski definition) is 2. The molecule has 1 atom stereocenters. The molecule has 1 heterocycles. The fourth-order valence-electron chi connectivity index (χ4n) is 5.39. The Morgan fingerprint density at radius 1 is 1.03 bits per heavy atom. The van der Waals surface area contributed by atoms with Gasteiger partial charge in [0.2, 0.25) is 0 Å². The van der Waals surface area contributed by atoms with Gasteiger partial charge in [0, 0.05) is 29.9 Å². The van der Waals surface area contributed by atoms with Crippen LogP contribution in [0.4, 0.5) is 14.9 Å². The molecule has 0 radical (unpaired) electrons. The van der Waals surface area contributed by atoms with Gasteiger partial charge < -0.3 is 10.6 Å². The molecule has 0 spiro atoms. The zero-order valence-electron chi connectivity index (χ0n) is 19.4. The third-order valence-electron chi connectivity index (χ3n) is 7.17. The molecule has 4 rings (SSSR count). The fourth-order valence-corrected chi connectivity index (χ4v) is 5.39. The van der Waals surface area contributed by atoms with Crippen molar-refractivity contribution in [1.29, 1.82) is 0 Å². The number of amides is 2. The van der Waals surface area contributed by atoms with E-state index < -0.39 is 0 Å². The van der Waals surface area contributed by atoms with Gasteiger partial charge in [-0.25, -0.2) is 9.18 Å². The number of carbonyl (C=O) groups excluding carboxylic acids is 2. The predicted octanol–water partition coefficient (Wildman–Crippen LogP) is 5.42. The minimum atomic E-state index is -0.231. The van der Waals surface area contributed by atoms with E-state index >= 15 is 0 Å². The van der Waals surface area contributed by atoms with Crippen LogP contribution in [0.2, 0.25) is 0 Å². The highest BCUT2D eigenvalue weighted by Gasteiger charge is 2.33. The quantitative estimate of drug-likeness (QED) is 0.553. The molecule has 2 fully saturated rings. The largest absolute Gasteiger partial charge is 0.336 e. The third-order valence-corrected chi connectivity index (χ3v) is 7.17. The molecule has 2 aliphatic rings. The van der Waals surface area contributed by atoms with Crippen molar-refractivity contribution in [2.75, 3.05) is 18.4 Å². The van der Waals surface area contributed by atoms with Crippen LogP contribution < -0.4 is 10.6 Å². The van der Waals surface area contributed by atoms with Crippen LogP contribution in [0.3, 0.4) is 0 Å². The van der Waals surface area contributed by atoms with Crippen LogP contribution in [0, 0.1) is 11.7 Å². The van der Waals surface area contributed by atoms with Gasteiger partial charge >= 0.3 is 6.03 Å². The van der Waals surface area contributed by atoms with Crippen molar-refractivity contribution < 1.29 is 14.0 Å². The van der Waals surface area contributed by atoms with Gasteiger partial charge in [-0.15, -0.1) is 0 Å². The SMILES string of the molecule is CC(=O)c1cccc(NC(=O)NC[C@@H]2CCCN2[C@H]2CC[C@@H](Cc3ccc(F)cc3)CC2)c1. The van der Waals surface area contributed by atoms with Crippen LogP contribution in [0.1, 0.15) is 61.4 Å². The maximum absolute atomic E-state index is 13.1. The Bertz CT molecular complexity index is 954. The zero-order chi connectivity index (χ0) is 23.2. The van der Waals surface area contributed by atoms with Gasteiger partial charge in [0.1, 0.15) is 5.82 Å². The fraction of sp³-hybridized carbons (Fsp3) is 0.481. The van der Waals surface area contributed by atoms with Gasteiger partial charge in [0.15, 0.2) is 5.78 Å². The zero-order valence-corrected chi connectivity index (χ0v) is 19.4. The van der Waals surface area contributed by atoms with Crippen molar-refractivity contribution >= 4 is 17.5 Å². The molecule has 33 heavy (non-hydrogen) atoms. The van der Waals surface area contributed by atoms with E-state index in [0.29, 0.717) is 35.8 Å². The second-order valence-corrected chi connectivity index (χ2v) is 9.51. The number of benzene rings is 2. The normalized spacial score (nSPS) is 23.3. The van der Waals surface area contributed by atoms with E-state index in [1.807, 2.05) is 12.1 Å². The topological polar surface area (TPSA) is 61.4 Å². The van der Waals surface area contributed by atoms with Crippen molar-refractivity contribution in [3.05, 3.63) is 65.5 Å². The molecule has 0 unspecified atom stereocenters. The summed E-state index contributed by atoms with van der Waals surface area (Å²) in [5.41, 5.74) is 2.44. The Morgan fingerprint density at radius 3 is 2.52 bits per heavy atom. The molecule has 1 aliphatic carbocycles. The number of rotatable bonds is 7. The van der Waals surface area contributed by atoms with Gasteiger partial charge in [-0.05, 0) is 94.2 Å². The summed E-state index contributed by atoms with van der Waals surface area (Å²) in [5.74, 6) is 0.477. The molecule has 2 N–H and O–H groups in total. The average molecular weight is 452 g/mol. The van der Waals surface area contributed by atoms with Crippen LogP contribution in [0.25, 0.3) is 0 Å². The Kier molecular flexibility index (Phi) is 7.76. The summed E-state index contributed by atoms with van der Waals surface area (Å²) in [6.07, 6.45) is 8.08. The first-order chi connectivity index (χ1) is 16.0. The summed E-state index contributed by atoms with van der Waals surface area (Å²) in [7, 11) is 0. The first kappa shape index (κ1) is 23.4. The first-order valence-electron chi connectivity index (χ1n) is 12.1. The number of likely N-dealkylation sites (tertiary alicyclic amines) is 1. The highest BCUT2D eigenvalue weighted by molar-refractivity contribution is 5.96. The molecular formula is C27H34FN3O2. The summed E-state index contributed by atoms with van der Waals surface area (Å²) < 4.78 is 13.1. The number of ketones is 1. The predicted molar refractivity (Wildman–Crippen MR) is 129 cm³/mol. The van der Waals surface area contributed by atoms with Crippen LogP contribution >= 0.6 is 0 Å². The van der Waals surface area contributed by atoms with Crippen molar-refractivity contribution in [2.45, 2.75) is 64.0 Å². The van der Waals surface area contributed by atoms with Crippen LogP contribution in [0.15, 0.2) is 48.5 Å². The monoisotopic (exact) mass is 451 g/mol. The maximum atomic E-state index is 13.1. The highest BCUT2D eigenvalue weighted by atomic mass is 19.1. The molecular weight excluding hydrogens is 417 g/mol. The lowest BCUT2D eigenvalue weighted by atomic mass is 9.81. The number of halogens is 1.